The molecule has 0 aliphatic carbocycles. The Morgan fingerprint density at radius 1 is 1.39 bits per heavy atom. The van der Waals surface area contributed by atoms with Gasteiger partial charge in [-0.2, -0.15) is 0 Å². The van der Waals surface area contributed by atoms with Crippen LogP contribution in [-0.4, -0.2) is 18.0 Å². The zero-order valence-corrected chi connectivity index (χ0v) is 10.7. The molecule has 2 rings (SSSR count). The smallest absolute Gasteiger partial charge is 0.185 e. The van der Waals surface area contributed by atoms with Crippen LogP contribution in [-0.2, 0) is 22.1 Å². The minimum Gasteiger partial charge on any atom is -0.334 e. The summed E-state index contributed by atoms with van der Waals surface area (Å²) in [5, 5.41) is 0. The minimum absolute atomic E-state index is 0.0202. The number of imidazole rings is 1. The summed E-state index contributed by atoms with van der Waals surface area (Å²) in [4.78, 5) is 3.99. The molecule has 0 bridgehead atoms. The van der Waals surface area contributed by atoms with Crippen molar-refractivity contribution in [1.82, 2.24) is 9.55 Å². The molecule has 96 valence electrons. The van der Waals surface area contributed by atoms with Crippen LogP contribution in [0.3, 0.4) is 0 Å². The Labute approximate surface area is 105 Å². The SMILES string of the molecule is CCn1ccnc1CS(=O)(=O)c1cccc(F)c1. The number of nitrogens with zero attached hydrogens (tertiary/aromatic N) is 2. The van der Waals surface area contributed by atoms with Crippen LogP contribution in [0.15, 0.2) is 41.6 Å². The van der Waals surface area contributed by atoms with Gasteiger partial charge in [-0.1, -0.05) is 6.07 Å². The molecular formula is C12H13FN2O2S. The Morgan fingerprint density at radius 3 is 2.83 bits per heavy atom. The molecule has 1 aromatic carbocycles. The molecule has 1 heterocycles. The first-order chi connectivity index (χ1) is 8.53. The number of benzene rings is 1. The summed E-state index contributed by atoms with van der Waals surface area (Å²) in [6, 6.07) is 5.01. The first kappa shape index (κ1) is 12.8. The van der Waals surface area contributed by atoms with Crippen molar-refractivity contribution in [3.8, 4) is 0 Å². The molecule has 0 amide bonds. The zero-order chi connectivity index (χ0) is 13.2. The fourth-order valence-electron chi connectivity index (χ4n) is 1.68. The second-order valence-electron chi connectivity index (χ2n) is 3.85. The highest BCUT2D eigenvalue weighted by Gasteiger charge is 2.18. The maximum Gasteiger partial charge on any atom is 0.185 e. The molecular weight excluding hydrogens is 255 g/mol. The van der Waals surface area contributed by atoms with Crippen LogP contribution in [0.4, 0.5) is 4.39 Å². The third kappa shape index (κ3) is 2.59. The minimum atomic E-state index is -3.56. The lowest BCUT2D eigenvalue weighted by Gasteiger charge is -2.06. The third-order valence-corrected chi connectivity index (χ3v) is 4.23. The van der Waals surface area contributed by atoms with E-state index in [9.17, 15) is 12.8 Å². The predicted octanol–water partition coefficient (Wildman–Crippen LogP) is 2.02. The van der Waals surface area contributed by atoms with Gasteiger partial charge in [0.2, 0.25) is 0 Å². The first-order valence-corrected chi connectivity index (χ1v) is 7.16. The quantitative estimate of drug-likeness (QED) is 0.852. The fourth-order valence-corrected chi connectivity index (χ4v) is 3.01. The molecule has 0 fully saturated rings. The molecule has 0 spiro atoms. The third-order valence-electron chi connectivity index (χ3n) is 2.62. The van der Waals surface area contributed by atoms with Gasteiger partial charge in [0.05, 0.1) is 4.90 Å². The summed E-state index contributed by atoms with van der Waals surface area (Å²) in [6.07, 6.45) is 3.27. The van der Waals surface area contributed by atoms with E-state index < -0.39 is 15.7 Å². The van der Waals surface area contributed by atoms with E-state index in [1.54, 1.807) is 17.0 Å². The lowest BCUT2D eigenvalue weighted by molar-refractivity contribution is 0.586. The van der Waals surface area contributed by atoms with Crippen molar-refractivity contribution in [3.63, 3.8) is 0 Å². The number of hydrogen-bond acceptors (Lipinski definition) is 3. The van der Waals surface area contributed by atoms with Crippen molar-refractivity contribution in [2.45, 2.75) is 24.1 Å². The van der Waals surface area contributed by atoms with Gasteiger partial charge in [-0.25, -0.2) is 17.8 Å². The maximum absolute atomic E-state index is 13.0. The average Bonchev–Trinajstić information content (AvgIpc) is 2.75. The van der Waals surface area contributed by atoms with Gasteiger partial charge in [0, 0.05) is 18.9 Å². The molecule has 4 nitrogen and oxygen atoms in total. The normalized spacial score (nSPS) is 11.7. The van der Waals surface area contributed by atoms with Crippen LogP contribution in [0.1, 0.15) is 12.7 Å². The van der Waals surface area contributed by atoms with E-state index in [1.165, 1.54) is 18.2 Å². The number of aryl methyl sites for hydroxylation is 1. The van der Waals surface area contributed by atoms with E-state index in [2.05, 4.69) is 4.98 Å². The molecule has 0 aliphatic heterocycles. The summed E-state index contributed by atoms with van der Waals surface area (Å²) in [5.74, 6) is -0.325. The zero-order valence-electron chi connectivity index (χ0n) is 9.88. The van der Waals surface area contributed by atoms with Crippen molar-refractivity contribution < 1.29 is 12.8 Å². The number of halogens is 1. The van der Waals surface area contributed by atoms with E-state index in [4.69, 9.17) is 0 Å². The molecule has 18 heavy (non-hydrogen) atoms. The molecule has 0 saturated carbocycles. The average molecular weight is 268 g/mol. The number of sulfone groups is 1. The van der Waals surface area contributed by atoms with Crippen molar-refractivity contribution in [3.05, 3.63) is 48.3 Å². The summed E-state index contributed by atoms with van der Waals surface area (Å²) in [5.41, 5.74) is 0. The first-order valence-electron chi connectivity index (χ1n) is 5.51. The number of hydrogen-bond donors (Lipinski definition) is 0. The van der Waals surface area contributed by atoms with Crippen molar-refractivity contribution in [2.75, 3.05) is 0 Å². The molecule has 0 unspecified atom stereocenters. The lowest BCUT2D eigenvalue weighted by Crippen LogP contribution is -2.10. The Morgan fingerprint density at radius 2 is 2.17 bits per heavy atom. The van der Waals surface area contributed by atoms with Gasteiger partial charge in [-0.3, -0.25) is 0 Å². The second kappa shape index (κ2) is 4.89. The molecule has 0 saturated heterocycles. The van der Waals surface area contributed by atoms with Gasteiger partial charge in [-0.15, -0.1) is 0 Å². The summed E-state index contributed by atoms with van der Waals surface area (Å²) in [7, 11) is -3.56. The Balaban J connectivity index is 2.33. The van der Waals surface area contributed by atoms with Crippen LogP contribution in [0.5, 0.6) is 0 Å². The van der Waals surface area contributed by atoms with Gasteiger partial charge < -0.3 is 4.57 Å². The lowest BCUT2D eigenvalue weighted by atomic mass is 10.4. The highest BCUT2D eigenvalue weighted by Crippen LogP contribution is 2.16. The highest BCUT2D eigenvalue weighted by atomic mass is 32.2. The number of aromatic nitrogens is 2. The van der Waals surface area contributed by atoms with Gasteiger partial charge in [0.15, 0.2) is 9.84 Å². The molecule has 6 heteroatoms. The number of rotatable bonds is 4. The highest BCUT2D eigenvalue weighted by molar-refractivity contribution is 7.90. The van der Waals surface area contributed by atoms with E-state index in [1.807, 2.05) is 6.92 Å². The van der Waals surface area contributed by atoms with Crippen LogP contribution in [0.2, 0.25) is 0 Å². The van der Waals surface area contributed by atoms with Crippen molar-refractivity contribution >= 4 is 9.84 Å². The second-order valence-corrected chi connectivity index (χ2v) is 5.84. The van der Waals surface area contributed by atoms with E-state index >= 15 is 0 Å². The predicted molar refractivity (Wildman–Crippen MR) is 65.2 cm³/mol. The van der Waals surface area contributed by atoms with E-state index in [0.29, 0.717) is 12.4 Å². The Kier molecular flexibility index (Phi) is 3.47. The van der Waals surface area contributed by atoms with E-state index in [0.717, 1.165) is 6.07 Å². The van der Waals surface area contributed by atoms with Gasteiger partial charge >= 0.3 is 0 Å². The van der Waals surface area contributed by atoms with Crippen molar-refractivity contribution in [1.29, 1.82) is 0 Å². The maximum atomic E-state index is 13.0. The molecule has 2 aromatic rings. The molecule has 0 atom stereocenters. The van der Waals surface area contributed by atoms with E-state index in [-0.39, 0.29) is 10.6 Å². The van der Waals surface area contributed by atoms with Crippen molar-refractivity contribution in [2.24, 2.45) is 0 Å². The van der Waals surface area contributed by atoms with Gasteiger partial charge in [0.1, 0.15) is 17.4 Å². The molecule has 0 aliphatic rings. The molecule has 0 radical (unpaired) electrons. The Hall–Kier alpha value is -1.69. The monoisotopic (exact) mass is 268 g/mol. The standard InChI is InChI=1S/C12H13FN2O2S/c1-2-15-7-6-14-12(15)9-18(16,17)11-5-3-4-10(13)8-11/h3-8H,2,9H2,1H3. The van der Waals surface area contributed by atoms with Gasteiger partial charge in [-0.05, 0) is 25.1 Å². The molecule has 0 N–H and O–H groups in total. The molecule has 1 aromatic heterocycles. The van der Waals surface area contributed by atoms with Crippen LogP contribution >= 0.6 is 0 Å². The van der Waals surface area contributed by atoms with Crippen LogP contribution in [0, 0.1) is 5.82 Å². The largest absolute Gasteiger partial charge is 0.334 e. The summed E-state index contributed by atoms with van der Waals surface area (Å²) in [6.45, 7) is 2.55. The summed E-state index contributed by atoms with van der Waals surface area (Å²) < 4.78 is 39.0. The topological polar surface area (TPSA) is 52.0 Å². The van der Waals surface area contributed by atoms with Crippen LogP contribution in [0.25, 0.3) is 0 Å². The van der Waals surface area contributed by atoms with Gasteiger partial charge in [0.25, 0.3) is 0 Å². The fraction of sp³-hybridized carbons (Fsp3) is 0.250. The van der Waals surface area contributed by atoms with Crippen LogP contribution < -0.4 is 0 Å². The summed E-state index contributed by atoms with van der Waals surface area (Å²) >= 11 is 0. The Bertz CT molecular complexity index is 650.